The molecule has 0 bridgehead atoms. The Kier molecular flexibility index (Phi) is 7.44. The van der Waals surface area contributed by atoms with Crippen LogP contribution >= 0.6 is 0 Å². The first kappa shape index (κ1) is 25.7. The van der Waals surface area contributed by atoms with Crippen molar-refractivity contribution in [3.05, 3.63) is 64.4 Å². The zero-order valence-electron chi connectivity index (χ0n) is 22.0. The summed E-state index contributed by atoms with van der Waals surface area (Å²) in [5, 5.41) is 24.7. The van der Waals surface area contributed by atoms with Crippen LogP contribution in [0.4, 0.5) is 17.1 Å². The third kappa shape index (κ3) is 4.49. The van der Waals surface area contributed by atoms with Gasteiger partial charge in [-0.05, 0) is 52.0 Å². The van der Waals surface area contributed by atoms with Gasteiger partial charge in [-0.1, -0.05) is 6.07 Å². The maximum atomic E-state index is 12.5. The highest BCUT2D eigenvalue weighted by Crippen LogP contribution is 2.45. The second-order valence-corrected chi connectivity index (χ2v) is 8.72. The summed E-state index contributed by atoms with van der Waals surface area (Å²) in [6, 6.07) is 15.5. The molecule has 4 rings (SSSR count). The molecule has 8 nitrogen and oxygen atoms in total. The van der Waals surface area contributed by atoms with Crippen LogP contribution in [0.5, 0.6) is 0 Å². The number of carboxylic acids is 1. The number of fused-ring (bicyclic) bond motifs is 2. The fraction of sp³-hybridized carbons (Fsp3) is 0.310. The molecule has 0 saturated heterocycles. The van der Waals surface area contributed by atoms with Crippen molar-refractivity contribution in [1.82, 2.24) is 4.58 Å². The van der Waals surface area contributed by atoms with Gasteiger partial charge in [0.2, 0.25) is 10.8 Å². The second-order valence-electron chi connectivity index (χ2n) is 8.72. The smallest absolute Gasteiger partial charge is 0.422 e. The van der Waals surface area contributed by atoms with Crippen LogP contribution in [0.3, 0.4) is 0 Å². The summed E-state index contributed by atoms with van der Waals surface area (Å²) in [5.41, 5.74) is 3.96. The number of nitrogens with zero attached hydrogens (tertiary/aromatic N) is 4. The van der Waals surface area contributed by atoms with Gasteiger partial charge in [0, 0.05) is 60.0 Å². The normalized spacial score (nSPS) is 10.9. The van der Waals surface area contributed by atoms with Crippen LogP contribution in [0.2, 0.25) is 0 Å². The van der Waals surface area contributed by atoms with Crippen molar-refractivity contribution in [2.24, 2.45) is 0 Å². The van der Waals surface area contributed by atoms with E-state index in [1.807, 2.05) is 36.4 Å². The van der Waals surface area contributed by atoms with Crippen LogP contribution < -0.4 is 20.1 Å². The number of benzene rings is 3. The average molecular weight is 500 g/mol. The van der Waals surface area contributed by atoms with E-state index in [9.17, 15) is 15.3 Å². The molecule has 1 aliphatic heterocycles. The minimum absolute atomic E-state index is 0.0193. The molecule has 0 saturated carbocycles. The molecular formula is C29H33N5O3+2. The first-order valence-electron chi connectivity index (χ1n) is 12.7. The highest BCUT2D eigenvalue weighted by atomic mass is 16.4. The Balaban J connectivity index is 2.19. The van der Waals surface area contributed by atoms with Gasteiger partial charge in [0.05, 0.1) is 6.07 Å². The summed E-state index contributed by atoms with van der Waals surface area (Å²) in [6.07, 6.45) is 0. The number of anilines is 2. The zero-order chi connectivity index (χ0) is 26.7. The van der Waals surface area contributed by atoms with E-state index in [0.717, 1.165) is 53.7 Å². The van der Waals surface area contributed by atoms with Gasteiger partial charge in [0.1, 0.15) is 30.1 Å². The lowest BCUT2D eigenvalue weighted by Crippen LogP contribution is -2.29. The number of nitrogens with one attached hydrogen (secondary N) is 1. The van der Waals surface area contributed by atoms with Crippen LogP contribution in [-0.2, 0) is 0 Å². The van der Waals surface area contributed by atoms with Gasteiger partial charge in [-0.25, -0.2) is 9.37 Å². The largest absolute Gasteiger partial charge is 0.477 e. The van der Waals surface area contributed by atoms with Crippen LogP contribution in [0, 0.1) is 5.39 Å². The van der Waals surface area contributed by atoms with Gasteiger partial charge >= 0.3 is 11.7 Å². The van der Waals surface area contributed by atoms with Gasteiger partial charge in [-0.3, -0.25) is 0 Å². The van der Waals surface area contributed by atoms with E-state index in [2.05, 4.69) is 47.5 Å². The van der Waals surface area contributed by atoms with Crippen LogP contribution in [0.25, 0.3) is 38.4 Å². The lowest BCUT2D eigenvalue weighted by molar-refractivity contribution is 0.0699. The van der Waals surface area contributed by atoms with E-state index >= 15 is 0 Å². The Morgan fingerprint density at radius 2 is 1.73 bits per heavy atom. The standard InChI is InChI=1S/C29H31N5O3/c1-6-33(7-2)18-10-12-20-24(16-18)37-25-17-19(34(8-3)9-4)11-13-21(25)26(20)22-14-15-23(31-5)28(32-30)27(22)29(35)36/h10-17H,6-9H2,1-5H3/p+2. The van der Waals surface area contributed by atoms with Crippen molar-refractivity contribution in [2.75, 3.05) is 43.4 Å². The van der Waals surface area contributed by atoms with Gasteiger partial charge in [0.25, 0.3) is 0 Å². The topological polar surface area (TPSA) is 96.9 Å². The molecule has 190 valence electrons. The molecule has 8 heteroatoms. The van der Waals surface area contributed by atoms with E-state index in [0.29, 0.717) is 22.6 Å². The Labute approximate surface area is 216 Å². The molecule has 2 aliphatic rings. The first-order valence-corrected chi connectivity index (χ1v) is 12.7. The molecule has 0 fully saturated rings. The molecule has 0 atom stereocenters. The predicted octanol–water partition coefficient (Wildman–Crippen LogP) is 6.09. The number of hydrogen-bond acceptors (Lipinski definition) is 5. The number of aromatic carboxylic acids is 1. The lowest BCUT2D eigenvalue weighted by atomic mass is 9.89. The van der Waals surface area contributed by atoms with E-state index in [4.69, 9.17) is 4.42 Å². The maximum Gasteiger partial charge on any atom is 0.422 e. The SMILES string of the molecule is CCN(CC)c1ccc2c(-c3ccc(NC)c([N+]#N)c3C(=O)O)c3ccc(=[N+](CC)CC)cc-3oc2c1. The zero-order valence-corrected chi connectivity index (χ0v) is 22.0. The second kappa shape index (κ2) is 10.7. The summed E-state index contributed by atoms with van der Waals surface area (Å²) in [5.74, 6) is -0.526. The predicted molar refractivity (Wildman–Crippen MR) is 149 cm³/mol. The third-order valence-corrected chi connectivity index (χ3v) is 6.98. The van der Waals surface area contributed by atoms with Crippen molar-refractivity contribution < 1.29 is 14.3 Å². The molecule has 2 aromatic rings. The number of diazo groups is 1. The fourth-order valence-corrected chi connectivity index (χ4v) is 5.05. The highest BCUT2D eigenvalue weighted by molar-refractivity contribution is 6.11. The Morgan fingerprint density at radius 1 is 1.03 bits per heavy atom. The van der Waals surface area contributed by atoms with E-state index in [1.54, 1.807) is 19.2 Å². The Bertz CT molecular complexity index is 1550. The molecule has 0 amide bonds. The molecule has 1 aliphatic carbocycles. The first-order chi connectivity index (χ1) is 17.9. The fourth-order valence-electron chi connectivity index (χ4n) is 5.05. The quantitative estimate of drug-likeness (QED) is 0.173. The lowest BCUT2D eigenvalue weighted by Gasteiger charge is -2.22. The summed E-state index contributed by atoms with van der Waals surface area (Å²) in [7, 11) is 1.66. The molecule has 0 unspecified atom stereocenters. The van der Waals surface area contributed by atoms with E-state index in [-0.39, 0.29) is 11.3 Å². The van der Waals surface area contributed by atoms with Crippen molar-refractivity contribution >= 4 is 34.0 Å². The molecule has 0 spiro atoms. The summed E-state index contributed by atoms with van der Waals surface area (Å²) in [6.45, 7) is 11.8. The van der Waals surface area contributed by atoms with Crippen LogP contribution in [0.1, 0.15) is 38.1 Å². The number of hydrogen-bond donors (Lipinski definition) is 2. The van der Waals surface area contributed by atoms with Crippen LogP contribution in [0.15, 0.2) is 52.9 Å². The highest BCUT2D eigenvalue weighted by Gasteiger charge is 2.32. The van der Waals surface area contributed by atoms with Crippen molar-refractivity contribution in [1.29, 1.82) is 5.39 Å². The van der Waals surface area contributed by atoms with Gasteiger partial charge in [0.15, 0.2) is 10.5 Å². The molecule has 2 aromatic carbocycles. The van der Waals surface area contributed by atoms with Crippen molar-refractivity contribution in [3.8, 4) is 22.5 Å². The van der Waals surface area contributed by atoms with E-state index < -0.39 is 5.97 Å². The molecule has 0 radical (unpaired) electrons. The summed E-state index contributed by atoms with van der Waals surface area (Å²) in [4.78, 5) is 18.1. The molecular weight excluding hydrogens is 466 g/mol. The molecule has 37 heavy (non-hydrogen) atoms. The Morgan fingerprint density at radius 3 is 2.32 bits per heavy atom. The minimum atomic E-state index is -1.18. The average Bonchev–Trinajstić information content (AvgIpc) is 2.92. The Hall–Kier alpha value is -4.38. The number of carboxylic acid groups (broad SMARTS) is 1. The summed E-state index contributed by atoms with van der Waals surface area (Å²) >= 11 is 0. The van der Waals surface area contributed by atoms with Gasteiger partial charge < -0.3 is 19.7 Å². The van der Waals surface area contributed by atoms with Crippen molar-refractivity contribution in [2.45, 2.75) is 27.7 Å². The third-order valence-electron chi connectivity index (χ3n) is 6.98. The van der Waals surface area contributed by atoms with Crippen molar-refractivity contribution in [3.63, 3.8) is 0 Å². The maximum absolute atomic E-state index is 12.5. The van der Waals surface area contributed by atoms with Gasteiger partial charge in [-0.2, -0.15) is 0 Å². The molecule has 2 N–H and O–H groups in total. The molecule has 0 aromatic heterocycles. The van der Waals surface area contributed by atoms with Crippen LogP contribution in [-0.4, -0.2) is 44.3 Å². The van der Waals surface area contributed by atoms with Gasteiger partial charge in [-0.15, -0.1) is 0 Å². The minimum Gasteiger partial charge on any atom is -0.477 e. The molecule has 1 heterocycles. The monoisotopic (exact) mass is 499 g/mol. The number of carbonyl (C=O) groups is 1. The van der Waals surface area contributed by atoms with E-state index in [1.165, 1.54) is 0 Å². The number of rotatable bonds is 8. The summed E-state index contributed by atoms with van der Waals surface area (Å²) < 4.78 is 8.72.